The Morgan fingerprint density at radius 2 is 1.80 bits per heavy atom. The summed E-state index contributed by atoms with van der Waals surface area (Å²) in [6.45, 7) is 0. The van der Waals surface area contributed by atoms with Gasteiger partial charge in [-0.05, 0) is 0 Å². The topological polar surface area (TPSA) is 35.5 Å². The number of benzene rings is 1. The van der Waals surface area contributed by atoms with Crippen molar-refractivity contribution in [2.24, 2.45) is 0 Å². The van der Waals surface area contributed by atoms with E-state index in [2.05, 4.69) is 9.39 Å². The first-order valence-electron chi connectivity index (χ1n) is 3.58. The van der Waals surface area contributed by atoms with Crippen molar-refractivity contribution in [3.8, 4) is 11.5 Å². The van der Waals surface area contributed by atoms with Gasteiger partial charge in [-0.3, -0.25) is 0 Å². The van der Waals surface area contributed by atoms with Crippen LogP contribution in [0, 0.1) is 5.82 Å². The number of halogens is 4. The molecular weight excluding hydrogens is 219 g/mol. The van der Waals surface area contributed by atoms with Gasteiger partial charge in [-0.15, -0.1) is 0 Å². The molecule has 1 aromatic carbocycles. The van der Waals surface area contributed by atoms with Gasteiger partial charge in [-0.2, -0.15) is 0 Å². The van der Waals surface area contributed by atoms with E-state index >= 15 is 0 Å². The second-order valence-corrected chi connectivity index (χ2v) is 2.33. The Morgan fingerprint density at radius 1 is 1.20 bits per heavy atom. The van der Waals surface area contributed by atoms with Crippen LogP contribution in [0.1, 0.15) is 0 Å². The van der Waals surface area contributed by atoms with Gasteiger partial charge in [0.15, 0.2) is 0 Å². The second-order valence-electron chi connectivity index (χ2n) is 2.33. The van der Waals surface area contributed by atoms with Gasteiger partial charge >= 0.3 is 80.9 Å². The molecule has 3 nitrogen and oxygen atoms in total. The van der Waals surface area contributed by atoms with Gasteiger partial charge in [-0.25, -0.2) is 0 Å². The third-order valence-corrected chi connectivity index (χ3v) is 1.33. The van der Waals surface area contributed by atoms with Crippen molar-refractivity contribution in [1.82, 2.24) is 0 Å². The first-order valence-corrected chi connectivity index (χ1v) is 3.58. The van der Waals surface area contributed by atoms with Crippen LogP contribution < -0.4 is 9.39 Å². The van der Waals surface area contributed by atoms with E-state index in [1.54, 1.807) is 0 Å². The predicted octanol–water partition coefficient (Wildman–Crippen LogP) is 2.07. The molecule has 80 valence electrons. The molecule has 0 saturated carbocycles. The molecule has 15 heavy (non-hydrogen) atoms. The second kappa shape index (κ2) is 4.29. The van der Waals surface area contributed by atoms with E-state index in [4.69, 9.17) is 0 Å². The first-order chi connectivity index (χ1) is 6.94. The van der Waals surface area contributed by atoms with Gasteiger partial charge in [0, 0.05) is 0 Å². The molecular formula is C7H3BF4O3. The molecule has 0 unspecified atom stereocenters. The Kier molecular flexibility index (Phi) is 3.28. The average Bonchev–Trinajstić information content (AvgIpc) is 2.10. The number of hydrogen-bond acceptors (Lipinski definition) is 3. The molecule has 0 aliphatic rings. The van der Waals surface area contributed by atoms with Gasteiger partial charge in [0.1, 0.15) is 0 Å². The van der Waals surface area contributed by atoms with Crippen molar-refractivity contribution >= 4 is 7.35 Å². The molecule has 0 spiro atoms. The van der Waals surface area contributed by atoms with E-state index in [-0.39, 0.29) is 7.35 Å². The van der Waals surface area contributed by atoms with Gasteiger partial charge in [0.2, 0.25) is 0 Å². The van der Waals surface area contributed by atoms with E-state index in [1.807, 2.05) is 0 Å². The summed E-state index contributed by atoms with van der Waals surface area (Å²) in [5.74, 6) is -3.07. The minimum atomic E-state index is -5.00. The Morgan fingerprint density at radius 3 is 2.33 bits per heavy atom. The summed E-state index contributed by atoms with van der Waals surface area (Å²) in [6.07, 6.45) is -5.00. The number of alkyl halides is 3. The Hall–Kier alpha value is -1.60. The number of hydrogen-bond donors (Lipinski definition) is 0. The summed E-state index contributed by atoms with van der Waals surface area (Å²) in [4.78, 5) is 0. The Labute approximate surface area is 81.9 Å². The fraction of sp³-hybridized carbons (Fsp3) is 0.143. The minimum absolute atomic E-state index is 0.101. The third-order valence-electron chi connectivity index (χ3n) is 1.33. The predicted molar refractivity (Wildman–Crippen MR) is 40.2 cm³/mol. The van der Waals surface area contributed by atoms with Crippen LogP contribution in [0.25, 0.3) is 0 Å². The van der Waals surface area contributed by atoms with Crippen LogP contribution in [0.2, 0.25) is 0 Å². The van der Waals surface area contributed by atoms with E-state index in [1.165, 1.54) is 0 Å². The summed E-state index contributed by atoms with van der Waals surface area (Å²) in [5.41, 5.74) is 0. The summed E-state index contributed by atoms with van der Waals surface area (Å²) >= 11 is 0. The standard InChI is InChI=1S/C7H3BF4O3/c9-6-4(14-7(10,11)12)2-1-3-5(6)15-8-13/h1-3H. The van der Waals surface area contributed by atoms with Crippen molar-refractivity contribution in [1.29, 1.82) is 0 Å². The monoisotopic (exact) mass is 222 g/mol. The van der Waals surface area contributed by atoms with Crippen LogP contribution in [0.5, 0.6) is 11.5 Å². The average molecular weight is 222 g/mol. The molecule has 0 saturated heterocycles. The van der Waals surface area contributed by atoms with Crippen LogP contribution >= 0.6 is 0 Å². The Bertz CT molecular complexity index is 366. The van der Waals surface area contributed by atoms with E-state index in [0.29, 0.717) is 0 Å². The molecule has 0 amide bonds. The fourth-order valence-corrected chi connectivity index (χ4v) is 0.837. The SMILES string of the molecule is O=BOc1cccc(OC(F)(F)F)c1F. The van der Waals surface area contributed by atoms with Crippen molar-refractivity contribution < 1.29 is 31.7 Å². The molecule has 0 radical (unpaired) electrons. The number of ether oxygens (including phenoxy) is 1. The summed E-state index contributed by atoms with van der Waals surface area (Å²) in [7, 11) is -0.101. The molecule has 1 rings (SSSR count). The molecule has 0 bridgehead atoms. The van der Waals surface area contributed by atoms with Crippen LogP contribution in [0.4, 0.5) is 17.6 Å². The molecule has 0 N–H and O–H groups in total. The van der Waals surface area contributed by atoms with Gasteiger partial charge in [0.05, 0.1) is 0 Å². The zero-order chi connectivity index (χ0) is 11.5. The van der Waals surface area contributed by atoms with Crippen molar-refractivity contribution in [3.05, 3.63) is 24.0 Å². The van der Waals surface area contributed by atoms with Crippen LogP contribution in [-0.2, 0) is 4.70 Å². The molecule has 0 heterocycles. The maximum atomic E-state index is 13.1. The third kappa shape index (κ3) is 3.23. The summed E-state index contributed by atoms with van der Waals surface area (Å²) in [6, 6.07) is 2.82. The Balaban J connectivity index is 2.99. The zero-order valence-corrected chi connectivity index (χ0v) is 7.05. The normalized spacial score (nSPS) is 10.7. The van der Waals surface area contributed by atoms with E-state index in [0.717, 1.165) is 18.2 Å². The van der Waals surface area contributed by atoms with E-state index in [9.17, 15) is 22.3 Å². The van der Waals surface area contributed by atoms with E-state index < -0.39 is 23.7 Å². The quantitative estimate of drug-likeness (QED) is 0.579. The first kappa shape index (κ1) is 11.5. The van der Waals surface area contributed by atoms with Crippen molar-refractivity contribution in [2.75, 3.05) is 0 Å². The van der Waals surface area contributed by atoms with Crippen LogP contribution in [0.3, 0.4) is 0 Å². The van der Waals surface area contributed by atoms with Crippen LogP contribution in [-0.4, -0.2) is 13.7 Å². The molecule has 0 aliphatic carbocycles. The molecule has 0 aromatic heterocycles. The number of rotatable bonds is 3. The molecule has 1 aromatic rings. The maximum absolute atomic E-state index is 13.1. The molecule has 8 heteroatoms. The van der Waals surface area contributed by atoms with Crippen LogP contribution in [0.15, 0.2) is 18.2 Å². The van der Waals surface area contributed by atoms with Gasteiger partial charge in [-0.1, -0.05) is 0 Å². The molecule has 0 atom stereocenters. The zero-order valence-electron chi connectivity index (χ0n) is 7.05. The van der Waals surface area contributed by atoms with Crippen molar-refractivity contribution in [3.63, 3.8) is 0 Å². The summed E-state index contributed by atoms with van der Waals surface area (Å²) < 4.78 is 65.6. The van der Waals surface area contributed by atoms with Gasteiger partial charge in [0.25, 0.3) is 0 Å². The van der Waals surface area contributed by atoms with Gasteiger partial charge < -0.3 is 0 Å². The summed E-state index contributed by atoms with van der Waals surface area (Å²) in [5, 5.41) is 0. The fourth-order valence-electron chi connectivity index (χ4n) is 0.837. The molecule has 0 aliphatic heterocycles. The van der Waals surface area contributed by atoms with Crippen molar-refractivity contribution in [2.45, 2.75) is 6.36 Å². The molecule has 0 fully saturated rings.